The van der Waals surface area contributed by atoms with E-state index in [4.69, 9.17) is 4.42 Å². The minimum atomic E-state index is -0.0802. The normalized spacial score (nSPS) is 15.2. The molecule has 0 aliphatic heterocycles. The van der Waals surface area contributed by atoms with Gasteiger partial charge in [-0.1, -0.05) is 172 Å². The van der Waals surface area contributed by atoms with E-state index in [-0.39, 0.29) is 5.41 Å². The van der Waals surface area contributed by atoms with Crippen LogP contribution in [0.25, 0.3) is 72.0 Å². The molecule has 60 heavy (non-hydrogen) atoms. The summed E-state index contributed by atoms with van der Waals surface area (Å²) >= 11 is 0. The Balaban J connectivity index is 1.08. The van der Waals surface area contributed by atoms with E-state index in [0.717, 1.165) is 56.5 Å². The molecular formula is C58H45NO. The fraction of sp³-hybridized carbons (Fsp3) is 0.103. The molecule has 1 unspecified atom stereocenters. The summed E-state index contributed by atoms with van der Waals surface area (Å²) in [6.07, 6.45) is 7.84. The molecule has 11 rings (SSSR count). The second kappa shape index (κ2) is 14.3. The summed E-state index contributed by atoms with van der Waals surface area (Å²) in [6.45, 7) is 7.03. The van der Waals surface area contributed by atoms with Crippen molar-refractivity contribution in [2.75, 3.05) is 4.90 Å². The van der Waals surface area contributed by atoms with E-state index in [9.17, 15) is 0 Å². The highest BCUT2D eigenvalue weighted by Crippen LogP contribution is 2.52. The first kappa shape index (κ1) is 36.0. The standard InChI is InChI=1S/C58H45NO/c1-38-16-4-5-17-43(38)44-18-6-7-19-45(44)46-20-8-9-21-47(46)49-23-11-14-26-55(49)59(42-33-35-54-52(37-42)48-22-10-13-25-53(48)58(54,2)3)41-31-28-39(29-32-41)40-30-34-51-50-24-12-15-27-56(50)60-57(51)36-40/h4-15,17-38H,16H2,1-3H3. The maximum absolute atomic E-state index is 6.30. The number of anilines is 3. The molecule has 1 heterocycles. The average molecular weight is 772 g/mol. The SMILES string of the molecule is CC1CC=CC=C1c1ccccc1-c1ccccc1-c1ccccc1N(c1ccc(-c2ccc3c(c2)oc2ccccc23)cc1)c1ccc2c(c1)-c1ccccc1C2(C)C. The average Bonchev–Trinajstić information content (AvgIpc) is 3.78. The summed E-state index contributed by atoms with van der Waals surface area (Å²) < 4.78 is 6.30. The Labute approximate surface area is 352 Å². The number of hydrogen-bond donors (Lipinski definition) is 0. The van der Waals surface area contributed by atoms with Gasteiger partial charge in [-0.15, -0.1) is 0 Å². The van der Waals surface area contributed by atoms with Gasteiger partial charge >= 0.3 is 0 Å². The lowest BCUT2D eigenvalue weighted by Crippen LogP contribution is -2.15. The second-order valence-corrected chi connectivity index (χ2v) is 16.9. The third-order valence-electron chi connectivity index (χ3n) is 13.0. The van der Waals surface area contributed by atoms with Gasteiger partial charge in [-0.05, 0) is 122 Å². The number of rotatable bonds is 7. The van der Waals surface area contributed by atoms with Crippen LogP contribution in [0.1, 0.15) is 43.9 Å². The van der Waals surface area contributed by atoms with Crippen molar-refractivity contribution in [1.82, 2.24) is 0 Å². The highest BCUT2D eigenvalue weighted by molar-refractivity contribution is 6.06. The Morgan fingerprint density at radius 1 is 0.483 bits per heavy atom. The topological polar surface area (TPSA) is 16.4 Å². The zero-order valence-corrected chi connectivity index (χ0v) is 34.2. The third-order valence-corrected chi connectivity index (χ3v) is 13.0. The van der Waals surface area contributed by atoms with Crippen molar-refractivity contribution in [2.45, 2.75) is 32.6 Å². The van der Waals surface area contributed by atoms with Crippen LogP contribution in [0.5, 0.6) is 0 Å². The van der Waals surface area contributed by atoms with Gasteiger partial charge in [-0.2, -0.15) is 0 Å². The zero-order chi connectivity index (χ0) is 40.4. The van der Waals surface area contributed by atoms with Crippen molar-refractivity contribution in [3.63, 3.8) is 0 Å². The lowest BCUT2D eigenvalue weighted by Gasteiger charge is -2.30. The molecule has 0 fully saturated rings. The molecule has 0 saturated carbocycles. The van der Waals surface area contributed by atoms with Crippen LogP contribution in [0.4, 0.5) is 17.1 Å². The van der Waals surface area contributed by atoms with Crippen LogP contribution in [0.2, 0.25) is 0 Å². The molecule has 8 aromatic carbocycles. The summed E-state index contributed by atoms with van der Waals surface area (Å²) in [5.41, 5.74) is 20.2. The number of hydrogen-bond acceptors (Lipinski definition) is 2. The van der Waals surface area contributed by atoms with Gasteiger partial charge in [0.2, 0.25) is 0 Å². The molecule has 288 valence electrons. The smallest absolute Gasteiger partial charge is 0.136 e. The molecule has 0 saturated heterocycles. The van der Waals surface area contributed by atoms with E-state index in [0.29, 0.717) is 5.92 Å². The highest BCUT2D eigenvalue weighted by Gasteiger charge is 2.35. The highest BCUT2D eigenvalue weighted by atomic mass is 16.3. The van der Waals surface area contributed by atoms with E-state index in [2.05, 4.69) is 214 Å². The maximum Gasteiger partial charge on any atom is 0.136 e. The molecule has 0 spiro atoms. The second-order valence-electron chi connectivity index (χ2n) is 16.9. The first-order valence-electron chi connectivity index (χ1n) is 21.2. The van der Waals surface area contributed by atoms with Crippen LogP contribution < -0.4 is 4.90 Å². The summed E-state index contributed by atoms with van der Waals surface area (Å²) in [4.78, 5) is 2.45. The van der Waals surface area contributed by atoms with Crippen molar-refractivity contribution in [3.8, 4) is 44.5 Å². The van der Waals surface area contributed by atoms with E-state index in [1.165, 1.54) is 55.6 Å². The Morgan fingerprint density at radius 2 is 1.07 bits per heavy atom. The monoisotopic (exact) mass is 771 g/mol. The molecule has 1 atom stereocenters. The van der Waals surface area contributed by atoms with Gasteiger partial charge in [0.05, 0.1) is 5.69 Å². The van der Waals surface area contributed by atoms with Crippen molar-refractivity contribution in [1.29, 1.82) is 0 Å². The molecule has 2 heteroatoms. The van der Waals surface area contributed by atoms with Gasteiger partial charge in [0.1, 0.15) is 11.2 Å². The number of allylic oxidation sites excluding steroid dienone is 4. The fourth-order valence-corrected chi connectivity index (χ4v) is 9.90. The largest absolute Gasteiger partial charge is 0.456 e. The lowest BCUT2D eigenvalue weighted by molar-refractivity contribution is 0.660. The van der Waals surface area contributed by atoms with Crippen molar-refractivity contribution in [2.24, 2.45) is 5.92 Å². The summed E-state index contributed by atoms with van der Waals surface area (Å²) in [5.74, 6) is 0.449. The molecule has 2 nitrogen and oxygen atoms in total. The van der Waals surface area contributed by atoms with Gasteiger partial charge in [0.25, 0.3) is 0 Å². The van der Waals surface area contributed by atoms with Crippen molar-refractivity contribution >= 4 is 44.6 Å². The Hall–Kier alpha value is -7.16. The molecule has 2 aliphatic carbocycles. The van der Waals surface area contributed by atoms with E-state index < -0.39 is 0 Å². The van der Waals surface area contributed by atoms with Gasteiger partial charge in [-0.3, -0.25) is 0 Å². The Morgan fingerprint density at radius 3 is 1.85 bits per heavy atom. The van der Waals surface area contributed by atoms with E-state index in [1.807, 2.05) is 12.1 Å². The summed E-state index contributed by atoms with van der Waals surface area (Å²) in [6, 6.07) is 66.7. The number of furan rings is 1. The molecule has 0 N–H and O–H groups in total. The van der Waals surface area contributed by atoms with Crippen LogP contribution in [-0.4, -0.2) is 0 Å². The first-order valence-corrected chi connectivity index (χ1v) is 21.2. The molecule has 0 amide bonds. The van der Waals surface area contributed by atoms with Gasteiger partial charge in [0, 0.05) is 33.1 Å². The number of nitrogens with zero attached hydrogens (tertiary/aromatic N) is 1. The lowest BCUT2D eigenvalue weighted by atomic mass is 9.82. The number of benzene rings is 8. The van der Waals surface area contributed by atoms with E-state index >= 15 is 0 Å². The molecular weight excluding hydrogens is 727 g/mol. The molecule has 1 aromatic heterocycles. The zero-order valence-electron chi connectivity index (χ0n) is 34.2. The minimum absolute atomic E-state index is 0.0802. The van der Waals surface area contributed by atoms with E-state index in [1.54, 1.807) is 0 Å². The first-order chi connectivity index (χ1) is 29.4. The molecule has 0 radical (unpaired) electrons. The predicted molar refractivity (Wildman–Crippen MR) is 253 cm³/mol. The number of fused-ring (bicyclic) bond motifs is 6. The molecule has 0 bridgehead atoms. The minimum Gasteiger partial charge on any atom is -0.456 e. The van der Waals surface area contributed by atoms with Crippen LogP contribution in [0.3, 0.4) is 0 Å². The molecule has 9 aromatic rings. The van der Waals surface area contributed by atoms with Crippen LogP contribution in [-0.2, 0) is 5.41 Å². The molecule has 2 aliphatic rings. The fourth-order valence-electron chi connectivity index (χ4n) is 9.90. The quantitative estimate of drug-likeness (QED) is 0.160. The van der Waals surface area contributed by atoms with Crippen LogP contribution >= 0.6 is 0 Å². The van der Waals surface area contributed by atoms with Gasteiger partial charge < -0.3 is 9.32 Å². The van der Waals surface area contributed by atoms with Crippen molar-refractivity contribution < 1.29 is 4.42 Å². The van der Waals surface area contributed by atoms with Gasteiger partial charge in [-0.25, -0.2) is 0 Å². The predicted octanol–water partition coefficient (Wildman–Crippen LogP) is 16.3. The van der Waals surface area contributed by atoms with Crippen LogP contribution in [0, 0.1) is 5.92 Å². The Bertz CT molecular complexity index is 3170. The van der Waals surface area contributed by atoms with Gasteiger partial charge in [0.15, 0.2) is 0 Å². The summed E-state index contributed by atoms with van der Waals surface area (Å²) in [5, 5.41) is 2.28. The Kier molecular flexibility index (Phi) is 8.56. The summed E-state index contributed by atoms with van der Waals surface area (Å²) in [7, 11) is 0. The van der Waals surface area contributed by atoms with Crippen LogP contribution in [0.15, 0.2) is 205 Å². The number of para-hydroxylation sites is 2. The maximum atomic E-state index is 6.30. The van der Waals surface area contributed by atoms with Crippen molar-refractivity contribution in [3.05, 3.63) is 217 Å². The third kappa shape index (κ3) is 5.86.